The van der Waals surface area contributed by atoms with Gasteiger partial charge in [0, 0.05) is 0 Å². The van der Waals surface area contributed by atoms with E-state index in [0.29, 0.717) is 5.56 Å². The van der Waals surface area contributed by atoms with Gasteiger partial charge in [0.2, 0.25) is 0 Å². The third kappa shape index (κ3) is 4.21. The first-order chi connectivity index (χ1) is 8.51. The Balaban J connectivity index is 2.75. The number of hydrogen-bond donors (Lipinski definition) is 2. The van der Waals surface area contributed by atoms with Crippen LogP contribution in [0.3, 0.4) is 0 Å². The molecular formula is C13H21O4P. The lowest BCUT2D eigenvalue weighted by molar-refractivity contribution is 0.177. The summed E-state index contributed by atoms with van der Waals surface area (Å²) < 4.78 is 16.4. The molecule has 0 aliphatic heterocycles. The normalized spacial score (nSPS) is 16.2. The average Bonchev–Trinajstić information content (AvgIpc) is 2.36. The van der Waals surface area contributed by atoms with Crippen molar-refractivity contribution >= 4 is 7.60 Å². The number of unbranched alkanes of at least 4 members (excludes halogenated alkanes) is 1. The van der Waals surface area contributed by atoms with Crippen molar-refractivity contribution in [3.8, 4) is 0 Å². The number of aliphatic hydroxyl groups excluding tert-OH is 1. The van der Waals surface area contributed by atoms with E-state index in [4.69, 9.17) is 4.52 Å². The van der Waals surface area contributed by atoms with E-state index < -0.39 is 13.4 Å². The van der Waals surface area contributed by atoms with E-state index in [9.17, 15) is 14.6 Å². The van der Waals surface area contributed by atoms with Crippen LogP contribution in [-0.2, 0) is 15.5 Å². The van der Waals surface area contributed by atoms with Crippen molar-refractivity contribution < 1.29 is 19.1 Å². The fraction of sp³-hybridized carbons (Fsp3) is 0.538. The van der Waals surface area contributed by atoms with Gasteiger partial charge in [0.05, 0.1) is 6.61 Å². The van der Waals surface area contributed by atoms with Crippen molar-refractivity contribution in [3.05, 3.63) is 35.4 Å². The molecule has 0 aliphatic rings. The summed E-state index contributed by atoms with van der Waals surface area (Å²) in [4.78, 5) is 9.53. The number of rotatable bonds is 7. The number of benzene rings is 1. The minimum absolute atomic E-state index is 0.0966. The molecule has 102 valence electrons. The molecule has 0 aliphatic carbocycles. The van der Waals surface area contributed by atoms with Crippen LogP contribution < -0.4 is 0 Å². The second kappa shape index (κ2) is 7.05. The zero-order valence-electron chi connectivity index (χ0n) is 10.9. The molecule has 0 fully saturated rings. The van der Waals surface area contributed by atoms with Crippen LogP contribution in [0.4, 0.5) is 0 Å². The van der Waals surface area contributed by atoms with Crippen LogP contribution in [0.25, 0.3) is 0 Å². The van der Waals surface area contributed by atoms with Gasteiger partial charge in [0.1, 0.15) is 0 Å². The topological polar surface area (TPSA) is 66.8 Å². The summed E-state index contributed by atoms with van der Waals surface area (Å²) in [7, 11) is -3.99. The summed E-state index contributed by atoms with van der Waals surface area (Å²) in [6.45, 7) is 3.84. The molecule has 2 atom stereocenters. The number of hydrogen-bond acceptors (Lipinski definition) is 3. The molecule has 0 spiro atoms. The van der Waals surface area contributed by atoms with E-state index in [1.807, 2.05) is 12.1 Å². The highest BCUT2D eigenvalue weighted by atomic mass is 31.2. The summed E-state index contributed by atoms with van der Waals surface area (Å²) in [5.74, 6) is -1.47. The summed E-state index contributed by atoms with van der Waals surface area (Å²) >= 11 is 0. The third-order valence-corrected chi connectivity index (χ3v) is 4.26. The average molecular weight is 272 g/mol. The molecule has 0 aromatic heterocycles. The van der Waals surface area contributed by atoms with Crippen molar-refractivity contribution in [1.82, 2.24) is 0 Å². The molecule has 0 radical (unpaired) electrons. The van der Waals surface area contributed by atoms with Gasteiger partial charge in [0.25, 0.3) is 0 Å². The van der Waals surface area contributed by atoms with Crippen molar-refractivity contribution in [3.63, 3.8) is 0 Å². The lowest BCUT2D eigenvalue weighted by atomic mass is 10.1. The molecule has 2 N–H and O–H groups in total. The van der Waals surface area contributed by atoms with Crippen LogP contribution in [0.5, 0.6) is 0 Å². The number of aliphatic hydroxyl groups is 1. The van der Waals surface area contributed by atoms with Gasteiger partial charge in [-0.15, -0.1) is 0 Å². The highest BCUT2D eigenvalue weighted by Crippen LogP contribution is 2.54. The lowest BCUT2D eigenvalue weighted by Gasteiger charge is -2.17. The monoisotopic (exact) mass is 272 g/mol. The summed E-state index contributed by atoms with van der Waals surface area (Å²) in [5, 5.41) is 9.81. The standard InChI is InChI=1S/C13H21O4P/c1-3-5-6-11-7-9-12(10-8-11)13(14)18(15,16)17-4-2/h7-10,13-14H,3-6H2,1-2H3,(H,15,16). The van der Waals surface area contributed by atoms with Gasteiger partial charge in [-0.05, 0) is 30.9 Å². The third-order valence-electron chi connectivity index (χ3n) is 2.72. The fourth-order valence-corrected chi connectivity index (χ4v) is 2.74. The predicted octanol–water partition coefficient (Wildman–Crippen LogP) is 3.24. The summed E-state index contributed by atoms with van der Waals surface area (Å²) in [5.41, 5.74) is 1.58. The van der Waals surface area contributed by atoms with Crippen LogP contribution in [0.1, 0.15) is 43.7 Å². The van der Waals surface area contributed by atoms with Crippen molar-refractivity contribution in [1.29, 1.82) is 0 Å². The van der Waals surface area contributed by atoms with Gasteiger partial charge in [-0.25, -0.2) is 0 Å². The SMILES string of the molecule is CCCCc1ccc(C(O)P(=O)(O)OCC)cc1. The Labute approximate surface area is 108 Å². The van der Waals surface area contributed by atoms with E-state index in [0.717, 1.165) is 24.8 Å². The van der Waals surface area contributed by atoms with E-state index in [1.165, 1.54) is 0 Å². The molecule has 18 heavy (non-hydrogen) atoms. The Morgan fingerprint density at radius 3 is 2.39 bits per heavy atom. The Morgan fingerprint density at radius 1 is 1.28 bits per heavy atom. The molecule has 1 rings (SSSR count). The molecular weight excluding hydrogens is 251 g/mol. The largest absolute Gasteiger partial charge is 0.376 e. The molecule has 0 amide bonds. The van der Waals surface area contributed by atoms with E-state index in [1.54, 1.807) is 19.1 Å². The fourth-order valence-electron chi connectivity index (χ4n) is 1.68. The first-order valence-corrected chi connectivity index (χ1v) is 7.89. The lowest BCUT2D eigenvalue weighted by Crippen LogP contribution is -2.02. The second-order valence-corrected chi connectivity index (χ2v) is 6.08. The van der Waals surface area contributed by atoms with Crippen LogP contribution in [0.2, 0.25) is 0 Å². The Morgan fingerprint density at radius 2 is 1.89 bits per heavy atom. The molecule has 0 saturated carbocycles. The highest BCUT2D eigenvalue weighted by Gasteiger charge is 2.31. The van der Waals surface area contributed by atoms with E-state index >= 15 is 0 Å². The zero-order chi connectivity index (χ0) is 13.6. The first-order valence-electron chi connectivity index (χ1n) is 6.25. The molecule has 0 saturated heterocycles. The Bertz CT molecular complexity index is 402. The predicted molar refractivity (Wildman–Crippen MR) is 71.5 cm³/mol. The Hall–Kier alpha value is -0.670. The quantitative estimate of drug-likeness (QED) is 0.748. The molecule has 2 unspecified atom stereocenters. The Kier molecular flexibility index (Phi) is 6.03. The minimum atomic E-state index is -3.99. The van der Waals surface area contributed by atoms with Crippen LogP contribution in [-0.4, -0.2) is 16.6 Å². The zero-order valence-corrected chi connectivity index (χ0v) is 11.8. The smallest absolute Gasteiger partial charge is 0.360 e. The van der Waals surface area contributed by atoms with Crippen molar-refractivity contribution in [2.45, 2.75) is 39.0 Å². The van der Waals surface area contributed by atoms with Crippen LogP contribution in [0, 0.1) is 0 Å². The summed E-state index contributed by atoms with van der Waals surface area (Å²) in [6.07, 6.45) is 3.22. The van der Waals surface area contributed by atoms with Gasteiger partial charge < -0.3 is 14.5 Å². The molecule has 0 bridgehead atoms. The van der Waals surface area contributed by atoms with Gasteiger partial charge >= 0.3 is 7.60 Å². The van der Waals surface area contributed by atoms with E-state index in [-0.39, 0.29) is 6.61 Å². The van der Waals surface area contributed by atoms with Gasteiger partial charge in [-0.2, -0.15) is 0 Å². The van der Waals surface area contributed by atoms with Gasteiger partial charge in [-0.3, -0.25) is 4.57 Å². The van der Waals surface area contributed by atoms with Gasteiger partial charge in [-0.1, -0.05) is 37.6 Å². The summed E-state index contributed by atoms with van der Waals surface area (Å²) in [6, 6.07) is 7.11. The maximum atomic E-state index is 11.7. The highest BCUT2D eigenvalue weighted by molar-refractivity contribution is 7.53. The molecule has 1 aromatic carbocycles. The van der Waals surface area contributed by atoms with E-state index in [2.05, 4.69) is 6.92 Å². The van der Waals surface area contributed by atoms with Gasteiger partial charge in [0.15, 0.2) is 5.85 Å². The molecule has 4 nitrogen and oxygen atoms in total. The minimum Gasteiger partial charge on any atom is -0.376 e. The van der Waals surface area contributed by atoms with Crippen molar-refractivity contribution in [2.75, 3.05) is 6.61 Å². The number of aryl methyl sites for hydroxylation is 1. The maximum Gasteiger partial charge on any atom is 0.360 e. The molecule has 5 heteroatoms. The van der Waals surface area contributed by atoms with Crippen LogP contribution >= 0.6 is 7.60 Å². The van der Waals surface area contributed by atoms with Crippen molar-refractivity contribution in [2.24, 2.45) is 0 Å². The molecule has 1 aromatic rings. The van der Waals surface area contributed by atoms with Crippen LogP contribution in [0.15, 0.2) is 24.3 Å². The first kappa shape index (κ1) is 15.4. The maximum absolute atomic E-state index is 11.7. The molecule has 0 heterocycles. The second-order valence-electron chi connectivity index (χ2n) is 4.20.